The molecule has 3 atom stereocenters. The third-order valence-electron chi connectivity index (χ3n) is 9.27. The van der Waals surface area contributed by atoms with Crippen molar-refractivity contribution in [1.29, 1.82) is 0 Å². The van der Waals surface area contributed by atoms with Crippen LogP contribution in [-0.4, -0.2) is 65.7 Å². The van der Waals surface area contributed by atoms with E-state index in [4.69, 9.17) is 19.1 Å². The molecule has 0 fully saturated rings. The molecule has 0 aliphatic rings. The molecule has 0 spiro atoms. The van der Waals surface area contributed by atoms with E-state index in [-0.39, 0.29) is 19.4 Å². The van der Waals surface area contributed by atoms with Crippen molar-refractivity contribution in [2.24, 2.45) is 0 Å². The lowest BCUT2D eigenvalue weighted by Gasteiger charge is -2.20. The zero-order valence-corrected chi connectivity index (χ0v) is 35.8. The minimum atomic E-state index is -4.62. The Morgan fingerprint density at radius 1 is 0.545 bits per heavy atom. The minimum absolute atomic E-state index is 0.179. The average molecular weight is 801 g/mol. The number of phosphoric acid groups is 1. The standard InChI is InChI=1S/C44H81O10P/c1-3-5-7-9-11-13-15-17-19-20-22-24-26-28-30-32-34-36-44(48)54-42(40-53-55(49,50)52-38-41(46)37-45)39-51-43(47)35-33-31-29-27-25-23-21-18-16-14-12-10-8-6-4-2/h12-15,18,21,41-42,45-46H,3-11,16-17,19-20,22-40H2,1-2H3,(H,49,50)/b14-12+,15-13+,21-18+/t41-,42+/m0/s1. The number of ether oxygens (including phenoxy) is 2. The molecular weight excluding hydrogens is 719 g/mol. The lowest BCUT2D eigenvalue weighted by Crippen LogP contribution is -2.29. The van der Waals surface area contributed by atoms with E-state index in [9.17, 15) is 24.2 Å². The highest BCUT2D eigenvalue weighted by molar-refractivity contribution is 7.47. The van der Waals surface area contributed by atoms with Crippen LogP contribution in [0.2, 0.25) is 0 Å². The van der Waals surface area contributed by atoms with Crippen LogP contribution in [0.5, 0.6) is 0 Å². The molecule has 0 radical (unpaired) electrons. The molecule has 0 rings (SSSR count). The zero-order chi connectivity index (χ0) is 40.5. The maximum Gasteiger partial charge on any atom is 0.472 e. The number of aliphatic hydroxyl groups excluding tert-OH is 2. The molecule has 0 aliphatic heterocycles. The van der Waals surface area contributed by atoms with E-state index in [2.05, 4.69) is 54.8 Å². The van der Waals surface area contributed by atoms with Gasteiger partial charge in [-0.05, 0) is 70.6 Å². The predicted octanol–water partition coefficient (Wildman–Crippen LogP) is 11.6. The third kappa shape index (κ3) is 40.2. The molecular formula is C44H81O10P. The van der Waals surface area contributed by atoms with Crippen LogP contribution in [0, 0.1) is 0 Å². The van der Waals surface area contributed by atoms with Crippen LogP contribution in [0.4, 0.5) is 0 Å². The zero-order valence-electron chi connectivity index (χ0n) is 34.9. The van der Waals surface area contributed by atoms with Gasteiger partial charge in [-0.25, -0.2) is 4.57 Å². The Hall–Kier alpha value is -1.81. The Balaban J connectivity index is 4.30. The number of allylic oxidation sites excluding steroid dienone is 6. The SMILES string of the molecule is CCCCC/C=C/C/C=C/CCCCCCCC(=O)OC[C@H](COP(=O)(O)OC[C@@H](O)CO)OC(=O)CCCCCCCCCCC/C=C/CCCCCC. The molecule has 322 valence electrons. The van der Waals surface area contributed by atoms with Gasteiger partial charge in [-0.1, -0.05) is 147 Å². The number of unbranched alkanes of at least 4 members (excludes halogenated alkanes) is 21. The summed E-state index contributed by atoms with van der Waals surface area (Å²) in [6.07, 6.45) is 41.0. The minimum Gasteiger partial charge on any atom is -0.462 e. The van der Waals surface area contributed by atoms with Crippen molar-refractivity contribution in [3.63, 3.8) is 0 Å². The van der Waals surface area contributed by atoms with Crippen LogP contribution in [0.25, 0.3) is 0 Å². The Morgan fingerprint density at radius 3 is 1.45 bits per heavy atom. The van der Waals surface area contributed by atoms with Crippen molar-refractivity contribution in [3.8, 4) is 0 Å². The van der Waals surface area contributed by atoms with Crippen molar-refractivity contribution in [2.75, 3.05) is 26.4 Å². The second-order valence-electron chi connectivity index (χ2n) is 14.7. The Kier molecular flexibility index (Phi) is 39.1. The molecule has 0 amide bonds. The second kappa shape index (κ2) is 40.4. The number of carbonyl (C=O) groups is 2. The van der Waals surface area contributed by atoms with Crippen LogP contribution >= 0.6 is 7.82 Å². The molecule has 11 heteroatoms. The summed E-state index contributed by atoms with van der Waals surface area (Å²) >= 11 is 0. The van der Waals surface area contributed by atoms with Gasteiger partial charge in [-0.15, -0.1) is 0 Å². The van der Waals surface area contributed by atoms with Gasteiger partial charge in [0.15, 0.2) is 6.10 Å². The molecule has 1 unspecified atom stereocenters. The quantitative estimate of drug-likeness (QED) is 0.0236. The summed E-state index contributed by atoms with van der Waals surface area (Å²) in [5.74, 6) is -0.941. The number of aliphatic hydroxyl groups is 2. The van der Waals surface area contributed by atoms with Gasteiger partial charge in [0.1, 0.15) is 12.7 Å². The highest BCUT2D eigenvalue weighted by Crippen LogP contribution is 2.43. The van der Waals surface area contributed by atoms with E-state index in [1.807, 2.05) is 0 Å². The fraction of sp³-hybridized carbons (Fsp3) is 0.818. The van der Waals surface area contributed by atoms with Crippen LogP contribution in [0.3, 0.4) is 0 Å². The van der Waals surface area contributed by atoms with Gasteiger partial charge >= 0.3 is 19.8 Å². The van der Waals surface area contributed by atoms with Gasteiger partial charge in [0, 0.05) is 12.8 Å². The van der Waals surface area contributed by atoms with E-state index in [1.54, 1.807) is 0 Å². The van der Waals surface area contributed by atoms with E-state index >= 15 is 0 Å². The molecule has 0 bridgehead atoms. The number of rotatable bonds is 41. The van der Waals surface area contributed by atoms with Crippen molar-refractivity contribution in [1.82, 2.24) is 0 Å². The monoisotopic (exact) mass is 801 g/mol. The average Bonchev–Trinajstić information content (AvgIpc) is 3.17. The van der Waals surface area contributed by atoms with E-state index in [1.165, 1.54) is 89.9 Å². The molecule has 0 aromatic heterocycles. The van der Waals surface area contributed by atoms with Crippen LogP contribution in [-0.2, 0) is 32.7 Å². The van der Waals surface area contributed by atoms with Crippen molar-refractivity contribution < 1.29 is 47.8 Å². The number of hydrogen-bond donors (Lipinski definition) is 3. The number of hydrogen-bond acceptors (Lipinski definition) is 9. The first-order chi connectivity index (χ1) is 26.7. The summed E-state index contributed by atoms with van der Waals surface area (Å²) < 4.78 is 32.7. The highest BCUT2D eigenvalue weighted by Gasteiger charge is 2.27. The Bertz CT molecular complexity index is 1010. The third-order valence-corrected chi connectivity index (χ3v) is 10.2. The van der Waals surface area contributed by atoms with E-state index in [0.717, 1.165) is 64.2 Å². The fourth-order valence-electron chi connectivity index (χ4n) is 5.84. The Morgan fingerprint density at radius 2 is 0.945 bits per heavy atom. The highest BCUT2D eigenvalue weighted by atomic mass is 31.2. The van der Waals surface area contributed by atoms with Crippen LogP contribution in [0.15, 0.2) is 36.5 Å². The van der Waals surface area contributed by atoms with Crippen molar-refractivity contribution in [2.45, 2.75) is 206 Å². The van der Waals surface area contributed by atoms with Crippen LogP contribution in [0.1, 0.15) is 194 Å². The first-order valence-electron chi connectivity index (χ1n) is 21.9. The second-order valence-corrected chi connectivity index (χ2v) is 16.2. The first-order valence-corrected chi connectivity index (χ1v) is 23.4. The maximum absolute atomic E-state index is 12.6. The van der Waals surface area contributed by atoms with E-state index in [0.29, 0.717) is 12.8 Å². The lowest BCUT2D eigenvalue weighted by molar-refractivity contribution is -0.161. The number of carbonyl (C=O) groups excluding carboxylic acids is 2. The summed E-state index contributed by atoms with van der Waals surface area (Å²) in [4.78, 5) is 35.0. The molecule has 0 saturated carbocycles. The van der Waals surface area contributed by atoms with Crippen molar-refractivity contribution in [3.05, 3.63) is 36.5 Å². The van der Waals surface area contributed by atoms with E-state index < -0.39 is 51.8 Å². The molecule has 0 aromatic rings. The number of phosphoric ester groups is 1. The molecule has 10 nitrogen and oxygen atoms in total. The van der Waals surface area contributed by atoms with Gasteiger partial charge in [-0.3, -0.25) is 18.6 Å². The maximum atomic E-state index is 12.6. The summed E-state index contributed by atoms with van der Waals surface area (Å²) in [6.45, 7) is 2.33. The molecule has 0 saturated heterocycles. The Labute approximate surface area is 335 Å². The van der Waals surface area contributed by atoms with Crippen LogP contribution < -0.4 is 0 Å². The largest absolute Gasteiger partial charge is 0.472 e. The smallest absolute Gasteiger partial charge is 0.462 e. The van der Waals surface area contributed by atoms with Crippen molar-refractivity contribution >= 4 is 19.8 Å². The fourth-order valence-corrected chi connectivity index (χ4v) is 6.63. The van der Waals surface area contributed by atoms with Gasteiger partial charge in [0.25, 0.3) is 0 Å². The summed E-state index contributed by atoms with van der Waals surface area (Å²) in [6, 6.07) is 0. The molecule has 3 N–H and O–H groups in total. The van der Waals surface area contributed by atoms with Gasteiger partial charge in [0.05, 0.1) is 19.8 Å². The lowest BCUT2D eigenvalue weighted by atomic mass is 10.1. The first kappa shape index (κ1) is 53.2. The summed E-state index contributed by atoms with van der Waals surface area (Å²) in [5, 5.41) is 18.3. The molecule has 0 aromatic carbocycles. The van der Waals surface area contributed by atoms with Gasteiger partial charge in [-0.2, -0.15) is 0 Å². The summed E-state index contributed by atoms with van der Waals surface area (Å²) in [7, 11) is -4.62. The molecule has 0 heterocycles. The summed E-state index contributed by atoms with van der Waals surface area (Å²) in [5.41, 5.74) is 0. The van der Waals surface area contributed by atoms with Gasteiger partial charge < -0.3 is 24.6 Å². The molecule has 55 heavy (non-hydrogen) atoms. The predicted molar refractivity (Wildman–Crippen MR) is 224 cm³/mol. The number of esters is 2. The van der Waals surface area contributed by atoms with Gasteiger partial charge in [0.2, 0.25) is 0 Å². The normalized spacial score (nSPS) is 14.2. The topological polar surface area (TPSA) is 149 Å². The molecule has 0 aliphatic carbocycles.